The van der Waals surface area contributed by atoms with Crippen molar-refractivity contribution in [3.05, 3.63) is 29.8 Å². The molecule has 17 heavy (non-hydrogen) atoms. The number of hydrogen-bond donors (Lipinski definition) is 0. The largest absolute Gasteiger partial charge is 0.460 e. The Balaban J connectivity index is 2.74. The molecule has 1 rings (SSSR count). The Bertz CT molecular complexity index is 400. The minimum absolute atomic E-state index is 0.156. The highest BCUT2D eigenvalue weighted by molar-refractivity contribution is 5.93. The minimum atomic E-state index is -0.543. The lowest BCUT2D eigenvalue weighted by Crippen LogP contribution is -2.12. The van der Waals surface area contributed by atoms with Gasteiger partial charge in [0.25, 0.3) is 0 Å². The number of carbonyl (C=O) groups is 2. The Morgan fingerprint density at radius 3 is 2.53 bits per heavy atom. The van der Waals surface area contributed by atoms with Crippen LogP contribution in [0.2, 0.25) is 0 Å². The maximum absolute atomic E-state index is 11.7. The topological polar surface area (TPSA) is 61.8 Å². The molecule has 0 bridgehead atoms. The van der Waals surface area contributed by atoms with Crippen LogP contribution in [0.1, 0.15) is 17.3 Å². The van der Waals surface area contributed by atoms with Crippen LogP contribution in [0.4, 0.5) is 0 Å². The lowest BCUT2D eigenvalue weighted by molar-refractivity contribution is -0.131. The van der Waals surface area contributed by atoms with Crippen molar-refractivity contribution in [2.75, 3.05) is 20.3 Å². The summed E-state index contributed by atoms with van der Waals surface area (Å²) < 4.78 is 14.6. The minimum Gasteiger partial charge on any atom is -0.460 e. The van der Waals surface area contributed by atoms with Gasteiger partial charge in [0.15, 0.2) is 0 Å². The second-order valence-electron chi connectivity index (χ2n) is 3.22. The number of methoxy groups -OCH3 is 1. The number of para-hydroxylation sites is 1. The molecule has 5 heteroatoms. The quantitative estimate of drug-likeness (QED) is 0.441. The van der Waals surface area contributed by atoms with Gasteiger partial charge in [0.1, 0.15) is 17.9 Å². The predicted molar refractivity (Wildman–Crippen MR) is 59.9 cm³/mol. The summed E-state index contributed by atoms with van der Waals surface area (Å²) >= 11 is 0. The molecule has 0 heterocycles. The zero-order valence-corrected chi connectivity index (χ0v) is 9.76. The van der Waals surface area contributed by atoms with E-state index in [2.05, 4.69) is 0 Å². The van der Waals surface area contributed by atoms with Crippen LogP contribution in [0.15, 0.2) is 24.3 Å². The van der Waals surface area contributed by atoms with Crippen LogP contribution in [-0.2, 0) is 14.3 Å². The van der Waals surface area contributed by atoms with Gasteiger partial charge in [-0.25, -0.2) is 4.79 Å². The third kappa shape index (κ3) is 4.24. The number of hydrogen-bond acceptors (Lipinski definition) is 5. The molecule has 0 unspecified atom stereocenters. The molecule has 0 saturated carbocycles. The second kappa shape index (κ2) is 6.65. The van der Waals surface area contributed by atoms with Crippen LogP contribution in [0.25, 0.3) is 0 Å². The van der Waals surface area contributed by atoms with Crippen molar-refractivity contribution < 1.29 is 23.8 Å². The van der Waals surface area contributed by atoms with E-state index in [1.165, 1.54) is 26.2 Å². The molecule has 0 aromatic heterocycles. The average Bonchev–Trinajstić information content (AvgIpc) is 2.29. The van der Waals surface area contributed by atoms with Gasteiger partial charge in [-0.1, -0.05) is 12.1 Å². The monoisotopic (exact) mass is 238 g/mol. The van der Waals surface area contributed by atoms with Crippen LogP contribution in [-0.4, -0.2) is 32.3 Å². The molecule has 0 aliphatic heterocycles. The zero-order valence-electron chi connectivity index (χ0n) is 9.76. The molecule has 0 aliphatic carbocycles. The van der Waals surface area contributed by atoms with Crippen LogP contribution in [0.3, 0.4) is 0 Å². The first-order valence-corrected chi connectivity index (χ1v) is 5.08. The van der Waals surface area contributed by atoms with Crippen LogP contribution >= 0.6 is 0 Å². The Labute approximate surface area is 99.3 Å². The second-order valence-corrected chi connectivity index (χ2v) is 3.22. The van der Waals surface area contributed by atoms with E-state index in [9.17, 15) is 9.59 Å². The first-order chi connectivity index (χ1) is 8.15. The van der Waals surface area contributed by atoms with E-state index < -0.39 is 11.9 Å². The van der Waals surface area contributed by atoms with Gasteiger partial charge in [0, 0.05) is 14.0 Å². The predicted octanol–water partition coefficient (Wildman–Crippen LogP) is 1.42. The fraction of sp³-hybridized carbons (Fsp3) is 0.333. The summed E-state index contributed by atoms with van der Waals surface area (Å²) in [5, 5.41) is 0. The van der Waals surface area contributed by atoms with Crippen molar-refractivity contribution >= 4 is 11.9 Å². The highest BCUT2D eigenvalue weighted by Crippen LogP contribution is 2.19. The number of ether oxygens (including phenoxy) is 3. The fourth-order valence-corrected chi connectivity index (χ4v) is 1.17. The van der Waals surface area contributed by atoms with Crippen molar-refractivity contribution in [2.45, 2.75) is 6.92 Å². The molecule has 1 aromatic rings. The van der Waals surface area contributed by atoms with E-state index in [4.69, 9.17) is 14.2 Å². The fourth-order valence-electron chi connectivity index (χ4n) is 1.17. The maximum atomic E-state index is 11.7. The van der Waals surface area contributed by atoms with Crippen molar-refractivity contribution in [2.24, 2.45) is 0 Å². The van der Waals surface area contributed by atoms with Gasteiger partial charge in [-0.2, -0.15) is 0 Å². The molecule has 0 radical (unpaired) electrons. The van der Waals surface area contributed by atoms with Gasteiger partial charge in [-0.05, 0) is 12.1 Å². The standard InChI is InChI=1S/C12H14O5/c1-9(13)17-11-6-4-3-5-10(11)12(14)16-8-7-15-2/h3-6H,7-8H2,1-2H3. The van der Waals surface area contributed by atoms with Gasteiger partial charge in [-0.15, -0.1) is 0 Å². The van der Waals surface area contributed by atoms with E-state index in [-0.39, 0.29) is 17.9 Å². The molecule has 0 amide bonds. The molecule has 0 spiro atoms. The third-order valence-electron chi connectivity index (χ3n) is 1.88. The lowest BCUT2D eigenvalue weighted by Gasteiger charge is -2.08. The first kappa shape index (κ1) is 13.2. The molecule has 0 N–H and O–H groups in total. The molecule has 5 nitrogen and oxygen atoms in total. The van der Waals surface area contributed by atoms with E-state index in [1.807, 2.05) is 0 Å². The van der Waals surface area contributed by atoms with E-state index in [0.29, 0.717) is 6.61 Å². The molecule has 0 saturated heterocycles. The van der Waals surface area contributed by atoms with Gasteiger partial charge >= 0.3 is 11.9 Å². The van der Waals surface area contributed by atoms with Crippen LogP contribution < -0.4 is 4.74 Å². The summed E-state index contributed by atoms with van der Waals surface area (Å²) in [6.45, 7) is 1.75. The summed E-state index contributed by atoms with van der Waals surface area (Å²) in [5.74, 6) is -0.830. The SMILES string of the molecule is COCCOC(=O)c1ccccc1OC(C)=O. The van der Waals surface area contributed by atoms with E-state index in [1.54, 1.807) is 12.1 Å². The van der Waals surface area contributed by atoms with Gasteiger partial charge < -0.3 is 14.2 Å². The van der Waals surface area contributed by atoms with Crippen LogP contribution in [0, 0.1) is 0 Å². The van der Waals surface area contributed by atoms with Crippen molar-refractivity contribution in [3.8, 4) is 5.75 Å². The smallest absolute Gasteiger partial charge is 0.342 e. The lowest BCUT2D eigenvalue weighted by atomic mass is 10.2. The normalized spacial score (nSPS) is 9.76. The van der Waals surface area contributed by atoms with Crippen molar-refractivity contribution in [1.29, 1.82) is 0 Å². The summed E-state index contributed by atoms with van der Waals surface area (Å²) in [6.07, 6.45) is 0. The van der Waals surface area contributed by atoms with Gasteiger partial charge in [-0.3, -0.25) is 4.79 Å². The number of rotatable bonds is 5. The van der Waals surface area contributed by atoms with Crippen LogP contribution in [0.5, 0.6) is 5.75 Å². The first-order valence-electron chi connectivity index (χ1n) is 5.08. The Morgan fingerprint density at radius 2 is 1.88 bits per heavy atom. The zero-order chi connectivity index (χ0) is 12.7. The highest BCUT2D eigenvalue weighted by atomic mass is 16.6. The summed E-state index contributed by atoms with van der Waals surface area (Å²) in [4.78, 5) is 22.5. The molecule has 0 aliphatic rings. The van der Waals surface area contributed by atoms with Gasteiger partial charge in [0.05, 0.1) is 6.61 Å². The number of carbonyl (C=O) groups excluding carboxylic acids is 2. The van der Waals surface area contributed by atoms with Crippen molar-refractivity contribution in [3.63, 3.8) is 0 Å². The molecule has 1 aromatic carbocycles. The van der Waals surface area contributed by atoms with E-state index in [0.717, 1.165) is 0 Å². The van der Waals surface area contributed by atoms with Gasteiger partial charge in [0.2, 0.25) is 0 Å². The molecule has 0 fully saturated rings. The van der Waals surface area contributed by atoms with E-state index >= 15 is 0 Å². The maximum Gasteiger partial charge on any atom is 0.342 e. The third-order valence-corrected chi connectivity index (χ3v) is 1.88. The highest BCUT2D eigenvalue weighted by Gasteiger charge is 2.14. The average molecular weight is 238 g/mol. The Hall–Kier alpha value is -1.88. The summed E-state index contributed by atoms with van der Waals surface area (Å²) in [5.41, 5.74) is 0.221. The summed E-state index contributed by atoms with van der Waals surface area (Å²) in [6, 6.07) is 6.41. The Kier molecular flexibility index (Phi) is 5.16. The molecular weight excluding hydrogens is 224 g/mol. The number of benzene rings is 1. The Morgan fingerprint density at radius 1 is 1.18 bits per heavy atom. The van der Waals surface area contributed by atoms with Crippen molar-refractivity contribution in [1.82, 2.24) is 0 Å². The molecular formula is C12H14O5. The summed E-state index contributed by atoms with van der Waals surface area (Å²) in [7, 11) is 1.51. The number of esters is 2. The molecule has 0 atom stereocenters. The molecule has 92 valence electrons.